The smallest absolute Gasteiger partial charge is 0.270 e. The van der Waals surface area contributed by atoms with Crippen molar-refractivity contribution in [2.45, 2.75) is 65.0 Å². The number of pyridine rings is 1. The Morgan fingerprint density at radius 3 is 2.45 bits per heavy atom. The normalized spacial score (nSPS) is 19.2. The Balaban J connectivity index is 1.57. The van der Waals surface area contributed by atoms with Crippen molar-refractivity contribution in [2.75, 3.05) is 36.0 Å². The van der Waals surface area contributed by atoms with Crippen molar-refractivity contribution < 1.29 is 9.18 Å². The Labute approximate surface area is 244 Å². The zero-order chi connectivity index (χ0) is 28.4. The Hall–Kier alpha value is -3.16. The monoisotopic (exact) mass is 579 g/mol. The number of nitrogens with zero attached hydrogens (tertiary/aromatic N) is 5. The number of amides is 1. The summed E-state index contributed by atoms with van der Waals surface area (Å²) < 4.78 is 16.8. The number of benzene rings is 1. The number of thiocarbonyl (C=S) groups is 1. The average Bonchev–Trinajstić information content (AvgIpc) is 3.57. The largest absolute Gasteiger partial charge is 0.366 e. The first-order chi connectivity index (χ1) is 19.3. The molecule has 1 aromatic carbocycles. The number of unbranched alkanes of at least 4 members (excludes halogenated alkanes) is 1. The summed E-state index contributed by atoms with van der Waals surface area (Å²) in [4.78, 5) is 33.6. The van der Waals surface area contributed by atoms with Crippen molar-refractivity contribution in [3.63, 3.8) is 0 Å². The lowest BCUT2D eigenvalue weighted by Gasteiger charge is -2.39. The van der Waals surface area contributed by atoms with Crippen LogP contribution in [0.3, 0.4) is 0 Å². The molecule has 0 spiro atoms. The van der Waals surface area contributed by atoms with E-state index in [4.69, 9.17) is 12.2 Å². The number of nitriles is 1. The maximum absolute atomic E-state index is 14.5. The SMILES string of the molecule is CCCCn1c(N2CCN(c3ccccc3F)CC2)c(C=C2SC(=S)N(C3CCCC3)C2=O)c(C)c(C#N)c1=O. The molecular formula is C30H34FN5O2S2. The minimum absolute atomic E-state index is 0.0959. The van der Waals surface area contributed by atoms with Crippen LogP contribution < -0.4 is 15.4 Å². The van der Waals surface area contributed by atoms with Gasteiger partial charge >= 0.3 is 0 Å². The van der Waals surface area contributed by atoms with E-state index in [-0.39, 0.29) is 28.9 Å². The molecule has 2 saturated heterocycles. The van der Waals surface area contributed by atoms with E-state index in [1.54, 1.807) is 28.5 Å². The average molecular weight is 580 g/mol. The Morgan fingerprint density at radius 1 is 1.12 bits per heavy atom. The highest BCUT2D eigenvalue weighted by Gasteiger charge is 2.39. The topological polar surface area (TPSA) is 72.6 Å². The molecular weight excluding hydrogens is 545 g/mol. The maximum atomic E-state index is 14.5. The van der Waals surface area contributed by atoms with Crippen molar-refractivity contribution in [1.29, 1.82) is 5.26 Å². The first-order valence-corrected chi connectivity index (χ1v) is 15.3. The molecule has 0 unspecified atom stereocenters. The minimum atomic E-state index is -0.310. The van der Waals surface area contributed by atoms with Crippen molar-refractivity contribution in [1.82, 2.24) is 9.47 Å². The molecule has 10 heteroatoms. The van der Waals surface area contributed by atoms with Gasteiger partial charge in [-0.05, 0) is 50.0 Å². The molecule has 1 aliphatic carbocycles. The summed E-state index contributed by atoms with van der Waals surface area (Å²) in [5.74, 6) is 0.366. The third kappa shape index (κ3) is 5.29. The van der Waals surface area contributed by atoms with E-state index in [0.29, 0.717) is 64.6 Å². The summed E-state index contributed by atoms with van der Waals surface area (Å²) in [6, 6.07) is 9.03. The van der Waals surface area contributed by atoms with Crippen LogP contribution in [-0.4, -0.2) is 51.9 Å². The van der Waals surface area contributed by atoms with Gasteiger partial charge in [-0.15, -0.1) is 0 Å². The van der Waals surface area contributed by atoms with Crippen LogP contribution >= 0.6 is 24.0 Å². The lowest BCUT2D eigenvalue weighted by atomic mass is 10.0. The van der Waals surface area contributed by atoms with Crippen molar-refractivity contribution >= 4 is 51.8 Å². The van der Waals surface area contributed by atoms with E-state index in [9.17, 15) is 19.2 Å². The highest BCUT2D eigenvalue weighted by molar-refractivity contribution is 8.26. The van der Waals surface area contributed by atoms with Gasteiger partial charge in [-0.1, -0.05) is 62.3 Å². The number of thioether (sulfide) groups is 1. The fourth-order valence-electron chi connectivity index (χ4n) is 5.96. The van der Waals surface area contributed by atoms with Gasteiger partial charge in [-0.25, -0.2) is 4.39 Å². The lowest BCUT2D eigenvalue weighted by molar-refractivity contribution is -0.123. The van der Waals surface area contributed by atoms with Gasteiger partial charge in [-0.3, -0.25) is 19.1 Å². The Morgan fingerprint density at radius 2 is 1.80 bits per heavy atom. The van der Waals surface area contributed by atoms with E-state index in [0.717, 1.165) is 38.5 Å². The quantitative estimate of drug-likeness (QED) is 0.320. The molecule has 3 fully saturated rings. The van der Waals surface area contributed by atoms with Crippen molar-refractivity contribution in [2.24, 2.45) is 0 Å². The molecule has 0 atom stereocenters. The first-order valence-electron chi connectivity index (χ1n) is 14.0. The number of aromatic nitrogens is 1. The van der Waals surface area contributed by atoms with Crippen LogP contribution in [0, 0.1) is 24.1 Å². The van der Waals surface area contributed by atoms with Crippen LogP contribution in [0.15, 0.2) is 34.0 Å². The van der Waals surface area contributed by atoms with Crippen LogP contribution in [0.4, 0.5) is 15.9 Å². The number of carbonyl (C=O) groups excluding carboxylic acids is 1. The summed E-state index contributed by atoms with van der Waals surface area (Å²) in [7, 11) is 0. The third-order valence-electron chi connectivity index (χ3n) is 8.14. The number of hydrogen-bond acceptors (Lipinski definition) is 7. The van der Waals surface area contributed by atoms with Gasteiger partial charge in [0.1, 0.15) is 27.6 Å². The molecule has 3 heterocycles. The van der Waals surface area contributed by atoms with E-state index in [1.807, 2.05) is 17.0 Å². The molecule has 40 heavy (non-hydrogen) atoms. The number of halogens is 1. The molecule has 1 saturated carbocycles. The van der Waals surface area contributed by atoms with Crippen molar-refractivity contribution in [3.05, 3.63) is 62.0 Å². The van der Waals surface area contributed by atoms with Crippen LogP contribution in [0.1, 0.15) is 62.1 Å². The van der Waals surface area contributed by atoms with Gasteiger partial charge in [0.15, 0.2) is 0 Å². The molecule has 3 aliphatic rings. The lowest BCUT2D eigenvalue weighted by Crippen LogP contribution is -2.49. The zero-order valence-corrected chi connectivity index (χ0v) is 24.6. The molecule has 5 rings (SSSR count). The van der Waals surface area contributed by atoms with E-state index < -0.39 is 0 Å². The van der Waals surface area contributed by atoms with Crippen LogP contribution in [0.5, 0.6) is 0 Å². The second-order valence-electron chi connectivity index (χ2n) is 10.6. The molecule has 1 amide bonds. The Bertz CT molecular complexity index is 1450. The highest BCUT2D eigenvalue weighted by atomic mass is 32.2. The number of para-hydroxylation sites is 1. The van der Waals surface area contributed by atoms with E-state index in [2.05, 4.69) is 17.9 Å². The summed E-state index contributed by atoms with van der Waals surface area (Å²) in [5.41, 5.74) is 1.63. The van der Waals surface area contributed by atoms with Crippen molar-refractivity contribution in [3.8, 4) is 6.07 Å². The zero-order valence-electron chi connectivity index (χ0n) is 23.0. The predicted octanol–water partition coefficient (Wildman–Crippen LogP) is 5.44. The fraction of sp³-hybridized carbons (Fsp3) is 0.467. The molecule has 2 aromatic rings. The molecule has 2 aliphatic heterocycles. The van der Waals surface area contributed by atoms with Gasteiger partial charge in [0.25, 0.3) is 11.5 Å². The van der Waals surface area contributed by atoms with E-state index >= 15 is 0 Å². The standard InChI is InChI=1S/C30H34FN5O2S2/c1-3-4-13-35-27(34-16-14-33(15-17-34)25-12-8-7-11-24(25)31)22(20(2)23(19-32)28(35)37)18-26-29(38)36(30(39)40-26)21-9-5-6-10-21/h7-8,11-12,18,21H,3-6,9-10,13-17H2,1-2H3. The molecule has 1 aromatic heterocycles. The molecule has 210 valence electrons. The van der Waals surface area contributed by atoms with Gasteiger partial charge < -0.3 is 9.80 Å². The van der Waals surface area contributed by atoms with Gasteiger partial charge in [0.2, 0.25) is 0 Å². The number of rotatable bonds is 7. The van der Waals surface area contributed by atoms with E-state index in [1.165, 1.54) is 17.8 Å². The summed E-state index contributed by atoms with van der Waals surface area (Å²) in [6.45, 7) is 6.59. The number of anilines is 2. The van der Waals surface area contributed by atoms with Crippen LogP contribution in [-0.2, 0) is 11.3 Å². The van der Waals surface area contributed by atoms with Gasteiger partial charge in [0.05, 0.1) is 10.6 Å². The second kappa shape index (κ2) is 12.1. The summed E-state index contributed by atoms with van der Waals surface area (Å²) in [6.07, 6.45) is 7.60. The first kappa shape index (κ1) is 28.4. The van der Waals surface area contributed by atoms with Crippen LogP contribution in [0.2, 0.25) is 0 Å². The second-order valence-corrected chi connectivity index (χ2v) is 12.3. The predicted molar refractivity (Wildman–Crippen MR) is 163 cm³/mol. The number of hydrogen-bond donors (Lipinski definition) is 0. The Kier molecular flexibility index (Phi) is 8.62. The molecule has 0 radical (unpaired) electrons. The molecule has 0 N–H and O–H groups in total. The fourth-order valence-corrected chi connectivity index (χ4v) is 7.35. The molecule has 0 bridgehead atoms. The summed E-state index contributed by atoms with van der Waals surface area (Å²) >= 11 is 6.93. The highest BCUT2D eigenvalue weighted by Crippen LogP contribution is 2.39. The number of piperazine rings is 1. The van der Waals surface area contributed by atoms with Crippen LogP contribution in [0.25, 0.3) is 6.08 Å². The minimum Gasteiger partial charge on any atom is -0.366 e. The molecule has 7 nitrogen and oxygen atoms in total. The maximum Gasteiger partial charge on any atom is 0.270 e. The number of carbonyl (C=O) groups is 1. The third-order valence-corrected chi connectivity index (χ3v) is 9.47. The van der Waals surface area contributed by atoms with Gasteiger partial charge in [0, 0.05) is 44.3 Å². The van der Waals surface area contributed by atoms with Gasteiger partial charge in [-0.2, -0.15) is 5.26 Å². The summed E-state index contributed by atoms with van der Waals surface area (Å²) in [5, 5.41) is 9.96.